The van der Waals surface area contributed by atoms with Crippen molar-refractivity contribution in [2.45, 2.75) is 26.3 Å². The number of carbonyl (C=O) groups excluding carboxylic acids is 1. The van der Waals surface area contributed by atoms with Crippen LogP contribution in [-0.2, 0) is 9.53 Å². The Morgan fingerprint density at radius 3 is 2.69 bits per heavy atom. The topological polar surface area (TPSA) is 38.3 Å². The van der Waals surface area contributed by atoms with Crippen molar-refractivity contribution in [3.8, 4) is 0 Å². The number of alkyl halides is 1. The van der Waals surface area contributed by atoms with E-state index in [4.69, 9.17) is 16.3 Å². The molecule has 0 aromatic heterocycles. The maximum atomic E-state index is 11.0. The summed E-state index contributed by atoms with van der Waals surface area (Å²) in [6, 6.07) is -0.229. The molecule has 0 heterocycles. The minimum atomic E-state index is -0.229. The van der Waals surface area contributed by atoms with Crippen LogP contribution in [0.3, 0.4) is 0 Å². The predicted molar refractivity (Wildman–Crippen MR) is 56.7 cm³/mol. The molecule has 0 fully saturated rings. The van der Waals surface area contributed by atoms with Gasteiger partial charge in [-0.3, -0.25) is 4.79 Å². The molecule has 0 aliphatic heterocycles. The van der Waals surface area contributed by atoms with E-state index in [1.807, 2.05) is 0 Å². The van der Waals surface area contributed by atoms with Crippen LogP contribution in [0, 0.1) is 0 Å². The second kappa shape index (κ2) is 10.1. The largest absolute Gasteiger partial charge is 0.465 e. The van der Waals surface area contributed by atoms with Crippen LogP contribution >= 0.6 is 24.0 Å². The Kier molecular flexibility index (Phi) is 12.0. The number of ether oxygens (including phenoxy) is 1. The Bertz CT molecular complexity index is 133. The summed E-state index contributed by atoms with van der Waals surface area (Å²) in [7, 11) is 0. The maximum absolute atomic E-state index is 11.0. The zero-order chi connectivity index (χ0) is 9.40. The number of esters is 1. The monoisotopic (exact) mass is 229 g/mol. The molecule has 0 saturated heterocycles. The number of nitrogens with one attached hydrogen (secondary N) is 1. The Balaban J connectivity index is 0. The molecule has 0 unspecified atom stereocenters. The molecule has 13 heavy (non-hydrogen) atoms. The van der Waals surface area contributed by atoms with E-state index in [9.17, 15) is 4.79 Å². The summed E-state index contributed by atoms with van der Waals surface area (Å²) < 4.78 is 4.80. The van der Waals surface area contributed by atoms with Crippen LogP contribution in [-0.4, -0.2) is 31.0 Å². The first-order valence-electron chi connectivity index (χ1n) is 4.18. The zero-order valence-corrected chi connectivity index (χ0v) is 9.58. The highest BCUT2D eigenvalue weighted by Gasteiger charge is 2.11. The van der Waals surface area contributed by atoms with Crippen molar-refractivity contribution in [1.29, 1.82) is 0 Å². The van der Waals surface area contributed by atoms with Crippen molar-refractivity contribution in [2.24, 2.45) is 0 Å². The fraction of sp³-hybridized carbons (Fsp3) is 0.875. The van der Waals surface area contributed by atoms with Crippen molar-refractivity contribution in [2.75, 3.05) is 19.0 Å². The molecule has 5 heteroatoms. The number of rotatable bonds is 6. The maximum Gasteiger partial charge on any atom is 0.322 e. The highest BCUT2D eigenvalue weighted by molar-refractivity contribution is 6.17. The van der Waals surface area contributed by atoms with Gasteiger partial charge in [-0.1, -0.05) is 0 Å². The van der Waals surface area contributed by atoms with Gasteiger partial charge in [0.25, 0.3) is 0 Å². The SMILES string of the molecule is CCOC(=O)[C@@H](C)NCCCCl.Cl. The lowest BCUT2D eigenvalue weighted by atomic mass is 10.3. The predicted octanol–water partition coefficient (Wildman–Crippen LogP) is 1.58. The van der Waals surface area contributed by atoms with Crippen LogP contribution in [0.4, 0.5) is 0 Å². The Morgan fingerprint density at radius 2 is 2.23 bits per heavy atom. The van der Waals surface area contributed by atoms with E-state index in [1.54, 1.807) is 13.8 Å². The van der Waals surface area contributed by atoms with Gasteiger partial charge in [-0.15, -0.1) is 24.0 Å². The number of hydrogen-bond acceptors (Lipinski definition) is 3. The fourth-order valence-electron chi connectivity index (χ4n) is 0.736. The van der Waals surface area contributed by atoms with Gasteiger partial charge >= 0.3 is 5.97 Å². The first kappa shape index (κ1) is 15.5. The summed E-state index contributed by atoms with van der Waals surface area (Å²) in [5, 5.41) is 3.01. The van der Waals surface area contributed by atoms with Gasteiger partial charge in [0.2, 0.25) is 0 Å². The molecule has 3 nitrogen and oxygen atoms in total. The standard InChI is InChI=1S/C8H16ClNO2.ClH/c1-3-12-8(11)7(2)10-6-4-5-9;/h7,10H,3-6H2,1-2H3;1H/t7-;/m1./s1. The molecule has 0 aromatic rings. The second-order valence-corrected chi connectivity index (χ2v) is 2.85. The number of hydrogen-bond donors (Lipinski definition) is 1. The fourth-order valence-corrected chi connectivity index (χ4v) is 0.870. The minimum absolute atomic E-state index is 0. The van der Waals surface area contributed by atoms with Crippen LogP contribution in [0.1, 0.15) is 20.3 Å². The first-order chi connectivity index (χ1) is 5.72. The third kappa shape index (κ3) is 8.34. The van der Waals surface area contributed by atoms with Crippen molar-refractivity contribution in [3.63, 3.8) is 0 Å². The minimum Gasteiger partial charge on any atom is -0.465 e. The van der Waals surface area contributed by atoms with Crippen molar-refractivity contribution >= 4 is 30.0 Å². The van der Waals surface area contributed by atoms with E-state index in [1.165, 1.54) is 0 Å². The normalized spacial score (nSPS) is 11.6. The smallest absolute Gasteiger partial charge is 0.322 e. The van der Waals surface area contributed by atoms with Gasteiger partial charge in [0.15, 0.2) is 0 Å². The molecule has 0 aliphatic carbocycles. The summed E-state index contributed by atoms with van der Waals surface area (Å²) >= 11 is 5.47. The summed E-state index contributed by atoms with van der Waals surface area (Å²) in [4.78, 5) is 11.0. The molecule has 0 aliphatic rings. The summed E-state index contributed by atoms with van der Waals surface area (Å²) in [6.07, 6.45) is 0.866. The van der Waals surface area contributed by atoms with Crippen LogP contribution in [0.2, 0.25) is 0 Å². The lowest BCUT2D eigenvalue weighted by Gasteiger charge is -2.11. The van der Waals surface area contributed by atoms with E-state index < -0.39 is 0 Å². The van der Waals surface area contributed by atoms with E-state index in [0.717, 1.165) is 13.0 Å². The van der Waals surface area contributed by atoms with Crippen molar-refractivity contribution in [1.82, 2.24) is 5.32 Å². The molecule has 80 valence electrons. The molecule has 0 radical (unpaired) electrons. The lowest BCUT2D eigenvalue weighted by Crippen LogP contribution is -2.36. The first-order valence-corrected chi connectivity index (χ1v) is 4.71. The zero-order valence-electron chi connectivity index (χ0n) is 8.01. The van der Waals surface area contributed by atoms with Gasteiger partial charge in [0.1, 0.15) is 6.04 Å². The molecule has 0 bridgehead atoms. The van der Waals surface area contributed by atoms with Crippen molar-refractivity contribution in [3.05, 3.63) is 0 Å². The van der Waals surface area contributed by atoms with Gasteiger partial charge in [-0.25, -0.2) is 0 Å². The van der Waals surface area contributed by atoms with E-state index in [-0.39, 0.29) is 24.4 Å². The van der Waals surface area contributed by atoms with Gasteiger partial charge in [-0.2, -0.15) is 0 Å². The Hall–Kier alpha value is 0.01000. The molecular formula is C8H17Cl2NO2. The van der Waals surface area contributed by atoms with Gasteiger partial charge in [0.05, 0.1) is 6.61 Å². The molecule has 0 aromatic carbocycles. The highest BCUT2D eigenvalue weighted by atomic mass is 35.5. The molecule has 1 N–H and O–H groups in total. The van der Waals surface area contributed by atoms with Crippen LogP contribution in [0.25, 0.3) is 0 Å². The van der Waals surface area contributed by atoms with Gasteiger partial charge in [-0.05, 0) is 26.8 Å². The Morgan fingerprint density at radius 1 is 1.62 bits per heavy atom. The highest BCUT2D eigenvalue weighted by Crippen LogP contribution is 1.89. The van der Waals surface area contributed by atoms with Crippen molar-refractivity contribution < 1.29 is 9.53 Å². The molecule has 1 atom stereocenters. The van der Waals surface area contributed by atoms with Crippen LogP contribution in [0.5, 0.6) is 0 Å². The Labute approximate surface area is 90.6 Å². The average Bonchev–Trinajstić information content (AvgIpc) is 2.05. The lowest BCUT2D eigenvalue weighted by molar-refractivity contribution is -0.145. The van der Waals surface area contributed by atoms with E-state index in [2.05, 4.69) is 5.32 Å². The molecule has 0 spiro atoms. The third-order valence-electron chi connectivity index (χ3n) is 1.40. The molecule has 0 saturated carbocycles. The van der Waals surface area contributed by atoms with E-state index in [0.29, 0.717) is 12.5 Å². The molecule has 0 rings (SSSR count). The average molecular weight is 230 g/mol. The summed E-state index contributed by atoms with van der Waals surface area (Å²) in [6.45, 7) is 4.76. The van der Waals surface area contributed by atoms with Gasteiger partial charge in [0, 0.05) is 5.88 Å². The second-order valence-electron chi connectivity index (χ2n) is 2.47. The quantitative estimate of drug-likeness (QED) is 0.427. The summed E-state index contributed by atoms with van der Waals surface area (Å²) in [5.74, 6) is 0.412. The van der Waals surface area contributed by atoms with Gasteiger partial charge < -0.3 is 10.1 Å². The molecular weight excluding hydrogens is 213 g/mol. The van der Waals surface area contributed by atoms with Crippen LogP contribution < -0.4 is 5.32 Å². The number of carbonyl (C=O) groups is 1. The number of halogens is 2. The van der Waals surface area contributed by atoms with E-state index >= 15 is 0 Å². The molecule has 0 amide bonds. The third-order valence-corrected chi connectivity index (χ3v) is 1.67. The van der Waals surface area contributed by atoms with Crippen LogP contribution in [0.15, 0.2) is 0 Å². The summed E-state index contributed by atoms with van der Waals surface area (Å²) in [5.41, 5.74) is 0.